The molecule has 27 heavy (non-hydrogen) atoms. The highest BCUT2D eigenvalue weighted by Crippen LogP contribution is 2.47. The number of hydrogen-bond acceptors (Lipinski definition) is 4. The molecule has 0 amide bonds. The molecular weight excluding hydrogens is 338 g/mol. The first-order valence-corrected chi connectivity index (χ1v) is 9.34. The van der Waals surface area contributed by atoms with Crippen molar-refractivity contribution in [3.05, 3.63) is 53.0 Å². The van der Waals surface area contributed by atoms with Gasteiger partial charge in [0.2, 0.25) is 5.95 Å². The molecule has 3 heterocycles. The zero-order valence-corrected chi connectivity index (χ0v) is 16.1. The van der Waals surface area contributed by atoms with E-state index in [-0.39, 0.29) is 17.2 Å². The number of para-hydroxylation sites is 2. The van der Waals surface area contributed by atoms with Crippen LogP contribution in [-0.4, -0.2) is 25.1 Å². The Morgan fingerprint density at radius 1 is 1.22 bits per heavy atom. The van der Waals surface area contributed by atoms with E-state index in [1.807, 2.05) is 36.1 Å². The van der Waals surface area contributed by atoms with Crippen LogP contribution in [0.15, 0.2) is 41.7 Å². The minimum absolute atomic E-state index is 0.0500. The van der Waals surface area contributed by atoms with E-state index in [0.717, 1.165) is 45.9 Å². The van der Waals surface area contributed by atoms with Crippen LogP contribution in [0.1, 0.15) is 44.0 Å². The average molecular weight is 361 g/mol. The van der Waals surface area contributed by atoms with Crippen LogP contribution in [0.3, 0.4) is 0 Å². The molecule has 2 aromatic heterocycles. The lowest BCUT2D eigenvalue weighted by Gasteiger charge is -2.39. The highest BCUT2D eigenvalue weighted by Gasteiger charge is 2.42. The number of aromatic nitrogens is 4. The monoisotopic (exact) mass is 361 g/mol. The second kappa shape index (κ2) is 5.31. The number of hydrogen-bond donors (Lipinski definition) is 1. The third kappa shape index (κ3) is 2.29. The summed E-state index contributed by atoms with van der Waals surface area (Å²) in [5, 5.41) is 7.93. The number of ketones is 1. The molecule has 6 heteroatoms. The van der Waals surface area contributed by atoms with E-state index in [0.29, 0.717) is 6.42 Å². The largest absolute Gasteiger partial charge is 0.329 e. The van der Waals surface area contributed by atoms with Crippen molar-refractivity contribution in [3.8, 4) is 0 Å². The van der Waals surface area contributed by atoms with Crippen LogP contribution in [0.4, 0.5) is 5.95 Å². The van der Waals surface area contributed by atoms with Crippen LogP contribution in [0.25, 0.3) is 11.0 Å². The summed E-state index contributed by atoms with van der Waals surface area (Å²) in [5.41, 5.74) is 5.90. The predicted octanol–water partition coefficient (Wildman–Crippen LogP) is 3.74. The first kappa shape index (κ1) is 16.3. The molecule has 0 saturated heterocycles. The Kier molecular flexibility index (Phi) is 3.21. The van der Waals surface area contributed by atoms with Gasteiger partial charge in [-0.2, -0.15) is 5.10 Å². The molecule has 2 aliphatic rings. The van der Waals surface area contributed by atoms with Gasteiger partial charge >= 0.3 is 0 Å². The molecule has 1 aliphatic carbocycles. The molecule has 138 valence electrons. The quantitative estimate of drug-likeness (QED) is 0.717. The van der Waals surface area contributed by atoms with Crippen LogP contribution in [0, 0.1) is 12.3 Å². The molecule has 0 bridgehead atoms. The standard InChI is InChI=1S/C21H23N5O/c1-12-13(11-22-25(12)4)19-18-15(9-21(2,3)10-17(18)27)24-20-23-14-7-5-6-8-16(14)26(19)20/h5-8,11,19H,9-10H2,1-4H3,(H,23,24)/t19-/m1/s1. The maximum atomic E-state index is 13.3. The average Bonchev–Trinajstić information content (AvgIpc) is 3.12. The lowest BCUT2D eigenvalue weighted by atomic mass is 9.73. The van der Waals surface area contributed by atoms with Crippen LogP contribution >= 0.6 is 0 Å². The summed E-state index contributed by atoms with van der Waals surface area (Å²) < 4.78 is 4.03. The maximum Gasteiger partial charge on any atom is 0.209 e. The van der Waals surface area contributed by atoms with Gasteiger partial charge in [-0.1, -0.05) is 26.0 Å². The minimum Gasteiger partial charge on any atom is -0.329 e. The number of fused-ring (bicyclic) bond motifs is 3. The van der Waals surface area contributed by atoms with Gasteiger partial charge in [-0.25, -0.2) is 4.98 Å². The second-order valence-electron chi connectivity index (χ2n) is 8.46. The summed E-state index contributed by atoms with van der Waals surface area (Å²) in [6.45, 7) is 6.36. The molecule has 3 aromatic rings. The van der Waals surface area contributed by atoms with E-state index in [9.17, 15) is 4.79 Å². The van der Waals surface area contributed by atoms with Crippen molar-refractivity contribution >= 4 is 22.8 Å². The summed E-state index contributed by atoms with van der Waals surface area (Å²) >= 11 is 0. The van der Waals surface area contributed by atoms with Crippen molar-refractivity contribution in [2.45, 2.75) is 39.7 Å². The first-order valence-electron chi connectivity index (χ1n) is 9.34. The van der Waals surface area contributed by atoms with Crippen molar-refractivity contribution < 1.29 is 4.79 Å². The summed E-state index contributed by atoms with van der Waals surface area (Å²) in [5.74, 6) is 1.01. The molecule has 0 spiro atoms. The second-order valence-corrected chi connectivity index (χ2v) is 8.46. The van der Waals surface area contributed by atoms with Crippen molar-refractivity contribution in [2.24, 2.45) is 12.5 Å². The molecule has 5 rings (SSSR count). The summed E-state index contributed by atoms with van der Waals surface area (Å²) in [7, 11) is 1.94. The maximum absolute atomic E-state index is 13.3. The number of carbonyl (C=O) groups excluding carboxylic acids is 1. The van der Waals surface area contributed by atoms with Gasteiger partial charge in [0.05, 0.1) is 23.3 Å². The molecule has 0 unspecified atom stereocenters. The zero-order chi connectivity index (χ0) is 18.9. The number of rotatable bonds is 1. The van der Waals surface area contributed by atoms with Gasteiger partial charge in [0.1, 0.15) is 0 Å². The van der Waals surface area contributed by atoms with Gasteiger partial charge in [0.25, 0.3) is 0 Å². The van der Waals surface area contributed by atoms with Gasteiger partial charge in [-0.05, 0) is 30.9 Å². The highest BCUT2D eigenvalue weighted by molar-refractivity contribution is 6.01. The number of allylic oxidation sites excluding steroid dienone is 2. The molecule has 1 aliphatic heterocycles. The number of nitrogens with zero attached hydrogens (tertiary/aromatic N) is 4. The fourth-order valence-electron chi connectivity index (χ4n) is 4.50. The van der Waals surface area contributed by atoms with E-state index in [2.05, 4.69) is 41.8 Å². The molecule has 0 fully saturated rings. The van der Waals surface area contributed by atoms with Crippen LogP contribution in [-0.2, 0) is 11.8 Å². The zero-order valence-electron chi connectivity index (χ0n) is 16.1. The lowest BCUT2D eigenvalue weighted by Crippen LogP contribution is -2.36. The summed E-state index contributed by atoms with van der Waals surface area (Å²) in [4.78, 5) is 18.1. The Morgan fingerprint density at radius 2 is 2.00 bits per heavy atom. The van der Waals surface area contributed by atoms with E-state index in [4.69, 9.17) is 4.98 Å². The fourth-order valence-corrected chi connectivity index (χ4v) is 4.50. The number of nitrogens with one attached hydrogen (secondary N) is 1. The number of carbonyl (C=O) groups is 1. The number of Topliss-reactive ketones (excluding diaryl/α,β-unsaturated/α-hetero) is 1. The number of imidazole rings is 1. The van der Waals surface area contributed by atoms with Crippen molar-refractivity contribution in [1.29, 1.82) is 0 Å². The molecule has 6 nitrogen and oxygen atoms in total. The molecule has 1 N–H and O–H groups in total. The van der Waals surface area contributed by atoms with Gasteiger partial charge in [-0.3, -0.25) is 14.0 Å². The summed E-state index contributed by atoms with van der Waals surface area (Å²) in [6, 6.07) is 7.89. The van der Waals surface area contributed by atoms with Gasteiger partial charge in [0.15, 0.2) is 5.78 Å². The van der Waals surface area contributed by atoms with Crippen molar-refractivity contribution in [2.75, 3.05) is 5.32 Å². The molecule has 1 atom stereocenters. The van der Waals surface area contributed by atoms with Crippen LogP contribution in [0.2, 0.25) is 0 Å². The molecular formula is C21H23N5O. The van der Waals surface area contributed by atoms with Crippen LogP contribution < -0.4 is 5.32 Å². The lowest BCUT2D eigenvalue weighted by molar-refractivity contribution is -0.118. The van der Waals surface area contributed by atoms with Gasteiger partial charge in [-0.15, -0.1) is 0 Å². The molecule has 0 radical (unpaired) electrons. The van der Waals surface area contributed by atoms with E-state index in [1.165, 1.54) is 0 Å². The number of benzene rings is 1. The molecule has 1 aromatic carbocycles. The Hall–Kier alpha value is -2.89. The predicted molar refractivity (Wildman–Crippen MR) is 104 cm³/mol. The number of aryl methyl sites for hydroxylation is 1. The third-order valence-corrected chi connectivity index (χ3v) is 5.88. The van der Waals surface area contributed by atoms with Crippen molar-refractivity contribution in [1.82, 2.24) is 19.3 Å². The first-order chi connectivity index (χ1) is 12.9. The smallest absolute Gasteiger partial charge is 0.209 e. The Morgan fingerprint density at radius 3 is 2.74 bits per heavy atom. The highest BCUT2D eigenvalue weighted by atomic mass is 16.1. The van der Waals surface area contributed by atoms with Gasteiger partial charge in [0, 0.05) is 36.0 Å². The minimum atomic E-state index is -0.194. The van der Waals surface area contributed by atoms with Crippen LogP contribution in [0.5, 0.6) is 0 Å². The van der Waals surface area contributed by atoms with Crippen molar-refractivity contribution in [3.63, 3.8) is 0 Å². The fraction of sp³-hybridized carbons (Fsp3) is 0.381. The summed E-state index contributed by atoms with van der Waals surface area (Å²) in [6.07, 6.45) is 3.29. The van der Waals surface area contributed by atoms with E-state index in [1.54, 1.807) is 0 Å². The Labute approximate surface area is 157 Å². The van der Waals surface area contributed by atoms with E-state index >= 15 is 0 Å². The third-order valence-electron chi connectivity index (χ3n) is 5.88. The van der Waals surface area contributed by atoms with E-state index < -0.39 is 0 Å². The Balaban J connectivity index is 1.82. The Bertz CT molecular complexity index is 1130. The van der Waals surface area contributed by atoms with Gasteiger partial charge < -0.3 is 5.32 Å². The topological polar surface area (TPSA) is 64.7 Å². The number of anilines is 1. The normalized spacial score (nSPS) is 21.2. The SMILES string of the molecule is Cc1c([C@@H]2C3=C(CC(C)(C)CC3=O)Nc3nc4ccccc4n32)cnn1C. The molecule has 0 saturated carbocycles.